The van der Waals surface area contributed by atoms with Crippen molar-refractivity contribution in [3.05, 3.63) is 32.1 Å². The molecule has 2 heterocycles. The van der Waals surface area contributed by atoms with Gasteiger partial charge in [-0.1, -0.05) is 25.4 Å². The summed E-state index contributed by atoms with van der Waals surface area (Å²) in [6, 6.07) is 0.812. The zero-order chi connectivity index (χ0) is 15.9. The minimum Gasteiger partial charge on any atom is -0.383 e. The van der Waals surface area contributed by atoms with E-state index in [2.05, 4.69) is 10.1 Å². The lowest BCUT2D eigenvalue weighted by atomic mass is 10.1. The minimum atomic E-state index is -4.50. The van der Waals surface area contributed by atoms with Gasteiger partial charge >= 0.3 is 6.18 Å². The van der Waals surface area contributed by atoms with Crippen LogP contribution < -0.4 is 5.73 Å². The highest BCUT2D eigenvalue weighted by molar-refractivity contribution is 14.1. The van der Waals surface area contributed by atoms with Gasteiger partial charge < -0.3 is 5.73 Å². The summed E-state index contributed by atoms with van der Waals surface area (Å²) < 4.78 is 39.8. The lowest BCUT2D eigenvalue weighted by molar-refractivity contribution is -0.137. The average molecular weight is 431 g/mol. The molecular weight excluding hydrogens is 420 g/mol. The van der Waals surface area contributed by atoms with Crippen LogP contribution in [0.1, 0.15) is 31.0 Å². The van der Waals surface area contributed by atoms with Gasteiger partial charge in [-0.05, 0) is 34.6 Å². The Morgan fingerprint density at radius 2 is 2.00 bits per heavy atom. The molecule has 0 aliphatic heterocycles. The first-order chi connectivity index (χ1) is 9.62. The number of alkyl halides is 3. The molecule has 0 aliphatic carbocycles. The van der Waals surface area contributed by atoms with E-state index in [4.69, 9.17) is 17.3 Å². The number of aromatic nitrogens is 3. The van der Waals surface area contributed by atoms with Crippen LogP contribution in [-0.2, 0) is 6.18 Å². The van der Waals surface area contributed by atoms with Gasteiger partial charge in [-0.3, -0.25) is 0 Å². The molecule has 0 aromatic carbocycles. The van der Waals surface area contributed by atoms with Crippen LogP contribution >= 0.6 is 34.2 Å². The lowest BCUT2D eigenvalue weighted by Gasteiger charge is -2.09. The molecular formula is C12H11ClF3IN4. The first-order valence-corrected chi connectivity index (χ1v) is 7.35. The van der Waals surface area contributed by atoms with E-state index in [-0.39, 0.29) is 16.8 Å². The molecule has 0 atom stereocenters. The molecule has 0 unspecified atom stereocenters. The molecule has 4 nitrogen and oxygen atoms in total. The van der Waals surface area contributed by atoms with Crippen molar-refractivity contribution in [2.75, 3.05) is 5.73 Å². The molecule has 114 valence electrons. The van der Waals surface area contributed by atoms with Crippen LogP contribution in [0.4, 0.5) is 19.0 Å². The smallest absolute Gasteiger partial charge is 0.383 e. The van der Waals surface area contributed by atoms with Crippen LogP contribution in [0.3, 0.4) is 0 Å². The summed E-state index contributed by atoms with van der Waals surface area (Å²) >= 11 is 7.94. The highest BCUT2D eigenvalue weighted by Gasteiger charge is 2.32. The summed E-state index contributed by atoms with van der Waals surface area (Å²) in [5.41, 5.74) is 5.76. The summed E-state index contributed by atoms with van der Waals surface area (Å²) in [6.45, 7) is 3.88. The van der Waals surface area contributed by atoms with Gasteiger partial charge in [0, 0.05) is 6.20 Å². The molecule has 2 rings (SSSR count). The van der Waals surface area contributed by atoms with Gasteiger partial charge in [0.15, 0.2) is 5.82 Å². The number of pyridine rings is 1. The third kappa shape index (κ3) is 3.10. The number of nitrogens with two attached hydrogens (primary N) is 1. The summed E-state index contributed by atoms with van der Waals surface area (Å²) in [5.74, 6) is 0.495. The molecule has 0 saturated carbocycles. The molecule has 2 N–H and O–H groups in total. The van der Waals surface area contributed by atoms with Crippen LogP contribution in [0, 0.1) is 3.57 Å². The van der Waals surface area contributed by atoms with Crippen molar-refractivity contribution in [1.82, 2.24) is 14.8 Å². The maximum absolute atomic E-state index is 12.6. The second-order valence-electron chi connectivity index (χ2n) is 4.68. The van der Waals surface area contributed by atoms with E-state index in [0.29, 0.717) is 12.0 Å². The monoisotopic (exact) mass is 430 g/mol. The molecule has 0 bridgehead atoms. The van der Waals surface area contributed by atoms with Crippen molar-refractivity contribution in [1.29, 1.82) is 0 Å². The van der Waals surface area contributed by atoms with E-state index in [1.165, 1.54) is 4.68 Å². The van der Waals surface area contributed by atoms with Crippen molar-refractivity contribution >= 4 is 40.0 Å². The Hall–Kier alpha value is -1.03. The zero-order valence-corrected chi connectivity index (χ0v) is 14.0. The summed E-state index contributed by atoms with van der Waals surface area (Å²) in [5, 5.41) is 4.13. The highest BCUT2D eigenvalue weighted by Crippen LogP contribution is 2.33. The molecule has 2 aromatic heterocycles. The van der Waals surface area contributed by atoms with E-state index < -0.39 is 11.7 Å². The molecule has 0 fully saturated rings. The van der Waals surface area contributed by atoms with Gasteiger partial charge in [0.05, 0.1) is 19.9 Å². The maximum atomic E-state index is 12.6. The lowest BCUT2D eigenvalue weighted by Crippen LogP contribution is -2.10. The summed E-state index contributed by atoms with van der Waals surface area (Å²) in [7, 11) is 0. The van der Waals surface area contributed by atoms with Crippen molar-refractivity contribution in [3.63, 3.8) is 0 Å². The molecule has 21 heavy (non-hydrogen) atoms. The number of anilines is 1. The SMILES string of the molecule is CC(C)c1nn(-c2ncc(C(F)(F)F)cc2Cl)c(N)c1I. The number of rotatable bonds is 2. The van der Waals surface area contributed by atoms with Crippen molar-refractivity contribution in [2.45, 2.75) is 25.9 Å². The van der Waals surface area contributed by atoms with Gasteiger partial charge in [0.2, 0.25) is 0 Å². The fraction of sp³-hybridized carbons (Fsp3) is 0.333. The van der Waals surface area contributed by atoms with Crippen molar-refractivity contribution in [2.24, 2.45) is 0 Å². The first kappa shape index (κ1) is 16.3. The Bertz CT molecular complexity index is 682. The first-order valence-electron chi connectivity index (χ1n) is 5.90. The van der Waals surface area contributed by atoms with Gasteiger partial charge in [-0.15, -0.1) is 0 Å². The third-order valence-electron chi connectivity index (χ3n) is 2.78. The van der Waals surface area contributed by atoms with Crippen LogP contribution in [0.5, 0.6) is 0 Å². The Kier molecular flexibility index (Phi) is 4.39. The number of nitrogens with zero attached hydrogens (tertiary/aromatic N) is 3. The standard InChI is InChI=1S/C12H11ClF3IN4/c1-5(2)9-8(17)10(18)21(20-9)11-7(13)3-6(4-19-11)12(14,15)16/h3-5H,18H2,1-2H3. The zero-order valence-electron chi connectivity index (χ0n) is 11.0. The fourth-order valence-electron chi connectivity index (χ4n) is 1.70. The quantitative estimate of drug-likeness (QED) is 0.725. The Morgan fingerprint density at radius 3 is 2.43 bits per heavy atom. The third-order valence-corrected chi connectivity index (χ3v) is 4.17. The topological polar surface area (TPSA) is 56.7 Å². The van der Waals surface area contributed by atoms with Crippen LogP contribution in [0.25, 0.3) is 5.82 Å². The number of hydrogen-bond donors (Lipinski definition) is 1. The minimum absolute atomic E-state index is 0.0759. The number of hydrogen-bond acceptors (Lipinski definition) is 3. The molecule has 0 spiro atoms. The van der Waals surface area contributed by atoms with Gasteiger partial charge in [-0.2, -0.15) is 23.0 Å². The second kappa shape index (κ2) is 5.64. The van der Waals surface area contributed by atoms with E-state index in [0.717, 1.165) is 15.3 Å². The summed E-state index contributed by atoms with van der Waals surface area (Å²) in [4.78, 5) is 3.75. The molecule has 0 aliphatic rings. The largest absolute Gasteiger partial charge is 0.417 e. The molecule has 0 amide bonds. The van der Waals surface area contributed by atoms with Crippen molar-refractivity contribution in [3.8, 4) is 5.82 Å². The van der Waals surface area contributed by atoms with Gasteiger partial charge in [0.1, 0.15) is 5.82 Å². The van der Waals surface area contributed by atoms with E-state index >= 15 is 0 Å². The second-order valence-corrected chi connectivity index (χ2v) is 6.16. The van der Waals surface area contributed by atoms with E-state index in [1.807, 2.05) is 36.4 Å². The van der Waals surface area contributed by atoms with Gasteiger partial charge in [-0.25, -0.2) is 4.98 Å². The average Bonchev–Trinajstić information content (AvgIpc) is 2.65. The fourth-order valence-corrected chi connectivity index (χ4v) is 2.91. The summed E-state index contributed by atoms with van der Waals surface area (Å²) in [6.07, 6.45) is -3.79. The maximum Gasteiger partial charge on any atom is 0.417 e. The molecule has 2 aromatic rings. The number of halogens is 5. The van der Waals surface area contributed by atoms with Crippen molar-refractivity contribution < 1.29 is 13.2 Å². The Labute approximate surface area is 137 Å². The number of nitrogen functional groups attached to an aromatic ring is 1. The highest BCUT2D eigenvalue weighted by atomic mass is 127. The van der Waals surface area contributed by atoms with Crippen LogP contribution in [0.2, 0.25) is 5.02 Å². The predicted octanol–water partition coefficient (Wildman–Crippen LogP) is 4.25. The van der Waals surface area contributed by atoms with Gasteiger partial charge in [0.25, 0.3) is 0 Å². The van der Waals surface area contributed by atoms with E-state index in [9.17, 15) is 13.2 Å². The predicted molar refractivity (Wildman–Crippen MR) is 82.6 cm³/mol. The molecule has 0 radical (unpaired) electrons. The van der Waals surface area contributed by atoms with E-state index in [1.54, 1.807) is 0 Å². The van der Waals surface area contributed by atoms with Crippen LogP contribution in [0.15, 0.2) is 12.3 Å². The Balaban J connectivity index is 2.56. The van der Waals surface area contributed by atoms with Crippen LogP contribution in [-0.4, -0.2) is 14.8 Å². The molecule has 0 saturated heterocycles. The normalized spacial score (nSPS) is 12.2. The molecule has 9 heteroatoms. The Morgan fingerprint density at radius 1 is 1.38 bits per heavy atom.